The molecule has 2 N–H and O–H groups in total. The summed E-state index contributed by atoms with van der Waals surface area (Å²) in [6, 6.07) is 4.64. The van der Waals surface area contributed by atoms with E-state index in [9.17, 15) is 19.2 Å². The Kier molecular flexibility index (Phi) is 6.75. The number of hydrazone groups is 1. The summed E-state index contributed by atoms with van der Waals surface area (Å²) in [5, 5.41) is 8.45. The zero-order valence-corrected chi connectivity index (χ0v) is 16.4. The third-order valence-corrected chi connectivity index (χ3v) is 4.69. The predicted molar refractivity (Wildman–Crippen MR) is 104 cm³/mol. The lowest BCUT2D eigenvalue weighted by Gasteiger charge is -2.10. The molecule has 0 spiro atoms. The second-order valence-corrected chi connectivity index (χ2v) is 7.03. The second kappa shape index (κ2) is 9.65. The lowest BCUT2D eigenvalue weighted by Crippen LogP contribution is -2.27. The summed E-state index contributed by atoms with van der Waals surface area (Å²) >= 11 is 0.745. The van der Waals surface area contributed by atoms with Crippen LogP contribution in [0.1, 0.15) is 12.0 Å². The number of methoxy groups -OCH3 is 1. The Morgan fingerprint density at radius 3 is 2.87 bits per heavy atom. The average Bonchev–Trinajstić information content (AvgIpc) is 3.32. The normalized spacial score (nSPS) is 15.8. The summed E-state index contributed by atoms with van der Waals surface area (Å²) in [6.07, 6.45) is 3.85. The number of hydrogen-bond donors (Lipinski definition) is 2. The molecular formula is C17H16N6O6S. The number of amides is 3. The van der Waals surface area contributed by atoms with Crippen LogP contribution in [0, 0.1) is 0 Å². The van der Waals surface area contributed by atoms with E-state index in [1.165, 1.54) is 36.7 Å². The minimum atomic E-state index is -0.816. The molecule has 0 radical (unpaired) electrons. The maximum Gasteiger partial charge on any atom is 0.312 e. The fourth-order valence-corrected chi connectivity index (χ4v) is 3.17. The lowest BCUT2D eigenvalue weighted by atomic mass is 10.2. The number of imide groups is 1. The third kappa shape index (κ3) is 5.64. The molecule has 2 heterocycles. The van der Waals surface area contributed by atoms with Crippen LogP contribution in [-0.4, -0.2) is 56.4 Å². The molecule has 1 atom stereocenters. The Morgan fingerprint density at radius 2 is 2.20 bits per heavy atom. The Balaban J connectivity index is 1.56. The fourth-order valence-electron chi connectivity index (χ4n) is 2.37. The summed E-state index contributed by atoms with van der Waals surface area (Å²) in [4.78, 5) is 50.3. The molecule has 156 valence electrons. The standard InChI is InChI=1S/C17H16N6O6S/c1-28-12-4-10(6-19-22-14(24)7-23-9-18-8-20-23)2-3-11(12)29-15(25)5-13-16(26)21-17(27)30-13/h2-4,6,8-9,13H,5,7H2,1H3,(H,22,24)(H,21,26,27). The quantitative estimate of drug-likeness (QED) is 0.255. The highest BCUT2D eigenvalue weighted by molar-refractivity contribution is 8.15. The van der Waals surface area contributed by atoms with Crippen LogP contribution >= 0.6 is 11.8 Å². The van der Waals surface area contributed by atoms with Gasteiger partial charge in [0.15, 0.2) is 11.5 Å². The fraction of sp³-hybridized carbons (Fsp3) is 0.235. The van der Waals surface area contributed by atoms with Gasteiger partial charge in [-0.3, -0.25) is 24.5 Å². The lowest BCUT2D eigenvalue weighted by molar-refractivity contribution is -0.136. The largest absolute Gasteiger partial charge is 0.493 e. The molecule has 13 heteroatoms. The zero-order chi connectivity index (χ0) is 21.5. The number of carbonyl (C=O) groups is 4. The Morgan fingerprint density at radius 1 is 1.37 bits per heavy atom. The minimum absolute atomic E-state index is 0.0293. The van der Waals surface area contributed by atoms with Crippen molar-refractivity contribution in [1.82, 2.24) is 25.5 Å². The number of nitrogens with zero attached hydrogens (tertiary/aromatic N) is 4. The number of nitrogens with one attached hydrogen (secondary N) is 2. The number of rotatable bonds is 8. The molecule has 1 aliphatic heterocycles. The maximum atomic E-state index is 12.1. The van der Waals surface area contributed by atoms with Crippen molar-refractivity contribution >= 4 is 41.0 Å². The van der Waals surface area contributed by atoms with Crippen LogP contribution in [0.3, 0.4) is 0 Å². The van der Waals surface area contributed by atoms with E-state index in [0.29, 0.717) is 5.56 Å². The van der Waals surface area contributed by atoms with Crippen molar-refractivity contribution in [3.8, 4) is 11.5 Å². The van der Waals surface area contributed by atoms with Gasteiger partial charge in [0, 0.05) is 0 Å². The third-order valence-electron chi connectivity index (χ3n) is 3.71. The molecule has 0 aliphatic carbocycles. The van der Waals surface area contributed by atoms with Crippen molar-refractivity contribution < 1.29 is 28.7 Å². The van der Waals surface area contributed by atoms with Crippen molar-refractivity contribution in [2.45, 2.75) is 18.2 Å². The first kappa shape index (κ1) is 21.0. The van der Waals surface area contributed by atoms with Crippen molar-refractivity contribution in [2.24, 2.45) is 5.10 Å². The van der Waals surface area contributed by atoms with Crippen LogP contribution in [-0.2, 0) is 20.9 Å². The van der Waals surface area contributed by atoms with Gasteiger partial charge in [-0.25, -0.2) is 15.1 Å². The molecule has 12 nitrogen and oxygen atoms in total. The van der Waals surface area contributed by atoms with Crippen molar-refractivity contribution in [2.75, 3.05) is 7.11 Å². The van der Waals surface area contributed by atoms with Crippen LogP contribution in [0.4, 0.5) is 4.79 Å². The van der Waals surface area contributed by atoms with Gasteiger partial charge in [0.1, 0.15) is 24.4 Å². The molecule has 1 fully saturated rings. The topological polar surface area (TPSA) is 154 Å². The van der Waals surface area contributed by atoms with Gasteiger partial charge in [-0.15, -0.1) is 0 Å². The van der Waals surface area contributed by atoms with Crippen LogP contribution in [0.25, 0.3) is 0 Å². The van der Waals surface area contributed by atoms with Gasteiger partial charge < -0.3 is 9.47 Å². The summed E-state index contributed by atoms with van der Waals surface area (Å²) in [5.74, 6) is -1.20. The SMILES string of the molecule is COc1cc(C=NNC(=O)Cn2cncn2)ccc1OC(=O)CC1SC(=O)NC1=O. The summed E-state index contributed by atoms with van der Waals surface area (Å²) in [7, 11) is 1.40. The Hall–Kier alpha value is -3.74. The summed E-state index contributed by atoms with van der Waals surface area (Å²) < 4.78 is 11.8. The van der Waals surface area contributed by atoms with Gasteiger partial charge >= 0.3 is 5.97 Å². The highest BCUT2D eigenvalue weighted by Gasteiger charge is 2.34. The van der Waals surface area contributed by atoms with Crippen molar-refractivity contribution in [1.29, 1.82) is 0 Å². The highest BCUT2D eigenvalue weighted by Crippen LogP contribution is 2.29. The predicted octanol–water partition coefficient (Wildman–Crippen LogP) is 0.0841. The Labute approximate surface area is 174 Å². The Bertz CT molecular complexity index is 993. The number of benzene rings is 1. The van der Waals surface area contributed by atoms with Crippen molar-refractivity contribution in [3.05, 3.63) is 36.4 Å². The molecule has 1 aromatic carbocycles. The molecule has 0 saturated carbocycles. The van der Waals surface area contributed by atoms with Crippen molar-refractivity contribution in [3.63, 3.8) is 0 Å². The first-order valence-electron chi connectivity index (χ1n) is 8.49. The second-order valence-electron chi connectivity index (χ2n) is 5.86. The van der Waals surface area contributed by atoms with Crippen LogP contribution in [0.5, 0.6) is 11.5 Å². The molecule has 3 rings (SSSR count). The van der Waals surface area contributed by atoms with Gasteiger partial charge in [-0.2, -0.15) is 10.2 Å². The molecular weight excluding hydrogens is 416 g/mol. The number of carbonyl (C=O) groups excluding carboxylic acids is 4. The zero-order valence-electron chi connectivity index (χ0n) is 15.6. The molecule has 3 amide bonds. The number of thioether (sulfide) groups is 1. The molecule has 30 heavy (non-hydrogen) atoms. The van der Waals surface area contributed by atoms with Gasteiger partial charge in [0.25, 0.3) is 11.1 Å². The number of hydrogen-bond acceptors (Lipinski definition) is 10. The van der Waals surface area contributed by atoms with Gasteiger partial charge in [-0.05, 0) is 23.8 Å². The first-order valence-corrected chi connectivity index (χ1v) is 9.37. The van der Waals surface area contributed by atoms with E-state index in [4.69, 9.17) is 9.47 Å². The number of esters is 1. The highest BCUT2D eigenvalue weighted by atomic mass is 32.2. The van der Waals surface area contributed by atoms with Gasteiger partial charge in [0.05, 0.1) is 19.7 Å². The molecule has 1 saturated heterocycles. The molecule has 1 aromatic heterocycles. The molecule has 2 aromatic rings. The van der Waals surface area contributed by atoms with E-state index in [-0.39, 0.29) is 30.4 Å². The van der Waals surface area contributed by atoms with Gasteiger partial charge in [0.2, 0.25) is 5.91 Å². The maximum absolute atomic E-state index is 12.1. The number of ether oxygens (including phenoxy) is 2. The van der Waals surface area contributed by atoms with Crippen LogP contribution in [0.15, 0.2) is 36.0 Å². The van der Waals surface area contributed by atoms with E-state index < -0.39 is 22.4 Å². The first-order chi connectivity index (χ1) is 14.4. The van der Waals surface area contributed by atoms with E-state index in [2.05, 4.69) is 25.9 Å². The molecule has 0 bridgehead atoms. The average molecular weight is 432 g/mol. The minimum Gasteiger partial charge on any atom is -0.493 e. The van der Waals surface area contributed by atoms with E-state index in [1.807, 2.05) is 0 Å². The summed E-state index contributed by atoms with van der Waals surface area (Å²) in [5.41, 5.74) is 2.92. The van der Waals surface area contributed by atoms with Crippen LogP contribution in [0.2, 0.25) is 0 Å². The van der Waals surface area contributed by atoms with E-state index in [1.54, 1.807) is 12.1 Å². The smallest absolute Gasteiger partial charge is 0.312 e. The number of aromatic nitrogens is 3. The summed E-state index contributed by atoms with van der Waals surface area (Å²) in [6.45, 7) is -0.0293. The monoisotopic (exact) mass is 432 g/mol. The van der Waals surface area contributed by atoms with Gasteiger partial charge in [-0.1, -0.05) is 11.8 Å². The molecule has 1 unspecified atom stereocenters. The van der Waals surface area contributed by atoms with E-state index >= 15 is 0 Å². The van der Waals surface area contributed by atoms with E-state index in [0.717, 1.165) is 11.8 Å². The molecule has 1 aliphatic rings. The van der Waals surface area contributed by atoms with Crippen LogP contribution < -0.4 is 20.2 Å².